The lowest BCUT2D eigenvalue weighted by molar-refractivity contribution is -0.00645. The molecule has 27 heavy (non-hydrogen) atoms. The van der Waals surface area contributed by atoms with Gasteiger partial charge in [-0.3, -0.25) is 4.90 Å². The molecule has 2 nitrogen and oxygen atoms in total. The number of nitrogens with zero attached hydrogens (tertiary/aromatic N) is 1. The SMILES string of the molecule is CC(C)=CCC/C(C)=C\CCC(C)N1CC=C2C(C)(C)[C@@H](O)CC[C@]2(C)C1. The Labute approximate surface area is 168 Å². The molecule has 2 heteroatoms. The van der Waals surface area contributed by atoms with E-state index in [9.17, 15) is 5.11 Å². The van der Waals surface area contributed by atoms with E-state index in [1.807, 2.05) is 0 Å². The molecular weight excluding hydrogens is 330 g/mol. The van der Waals surface area contributed by atoms with E-state index in [0.29, 0.717) is 6.04 Å². The van der Waals surface area contributed by atoms with Gasteiger partial charge in [-0.15, -0.1) is 0 Å². The summed E-state index contributed by atoms with van der Waals surface area (Å²) in [7, 11) is 0. The van der Waals surface area contributed by atoms with Crippen molar-refractivity contribution in [3.63, 3.8) is 0 Å². The predicted octanol–water partition coefficient (Wildman–Crippen LogP) is 6.28. The second-order valence-corrected chi connectivity index (χ2v) is 10.2. The lowest BCUT2D eigenvalue weighted by atomic mass is 9.58. The fraction of sp³-hybridized carbons (Fsp3) is 0.760. The zero-order valence-corrected chi connectivity index (χ0v) is 18.9. The smallest absolute Gasteiger partial charge is 0.0628 e. The minimum atomic E-state index is -0.194. The van der Waals surface area contributed by atoms with Gasteiger partial charge in [0.05, 0.1) is 6.10 Å². The van der Waals surface area contributed by atoms with Crippen LogP contribution in [0.15, 0.2) is 34.9 Å². The van der Waals surface area contributed by atoms with Crippen LogP contribution < -0.4 is 0 Å². The second-order valence-electron chi connectivity index (χ2n) is 10.2. The molecule has 1 aliphatic carbocycles. The van der Waals surface area contributed by atoms with Crippen LogP contribution in [0.25, 0.3) is 0 Å². The van der Waals surface area contributed by atoms with Crippen LogP contribution in [-0.4, -0.2) is 35.2 Å². The van der Waals surface area contributed by atoms with Crippen LogP contribution in [0.5, 0.6) is 0 Å². The predicted molar refractivity (Wildman–Crippen MR) is 118 cm³/mol. The monoisotopic (exact) mass is 373 g/mol. The lowest BCUT2D eigenvalue weighted by Gasteiger charge is -2.53. The van der Waals surface area contributed by atoms with E-state index in [1.165, 1.54) is 42.4 Å². The summed E-state index contributed by atoms with van der Waals surface area (Å²) in [6, 6.07) is 0.608. The zero-order chi connectivity index (χ0) is 20.2. The van der Waals surface area contributed by atoms with Gasteiger partial charge in [-0.1, -0.05) is 55.7 Å². The molecule has 2 rings (SSSR count). The van der Waals surface area contributed by atoms with E-state index in [1.54, 1.807) is 0 Å². The Kier molecular flexibility index (Phi) is 7.55. The molecule has 0 aromatic rings. The third-order valence-electron chi connectivity index (χ3n) is 7.02. The van der Waals surface area contributed by atoms with Crippen molar-refractivity contribution < 1.29 is 5.11 Å². The minimum absolute atomic E-state index is 0.0759. The molecule has 0 saturated heterocycles. The van der Waals surface area contributed by atoms with Crippen molar-refractivity contribution in [3.05, 3.63) is 34.9 Å². The van der Waals surface area contributed by atoms with Gasteiger partial charge >= 0.3 is 0 Å². The second kappa shape index (κ2) is 9.09. The largest absolute Gasteiger partial charge is 0.392 e. The molecule has 0 radical (unpaired) electrons. The first kappa shape index (κ1) is 22.4. The molecule has 3 atom stereocenters. The van der Waals surface area contributed by atoms with Crippen molar-refractivity contribution in [1.82, 2.24) is 4.90 Å². The first-order valence-corrected chi connectivity index (χ1v) is 11.0. The van der Waals surface area contributed by atoms with Crippen LogP contribution in [0.4, 0.5) is 0 Å². The Balaban J connectivity index is 1.90. The molecule has 0 amide bonds. The first-order valence-electron chi connectivity index (χ1n) is 11.0. The van der Waals surface area contributed by atoms with Crippen LogP contribution in [0.2, 0.25) is 0 Å². The van der Waals surface area contributed by atoms with E-state index in [2.05, 4.69) is 71.6 Å². The Morgan fingerprint density at radius 2 is 1.93 bits per heavy atom. The van der Waals surface area contributed by atoms with Crippen molar-refractivity contribution in [2.75, 3.05) is 13.1 Å². The van der Waals surface area contributed by atoms with Crippen molar-refractivity contribution in [2.45, 2.75) is 99.1 Å². The summed E-state index contributed by atoms with van der Waals surface area (Å²) in [6.45, 7) is 18.0. The van der Waals surface area contributed by atoms with Gasteiger partial charge in [-0.25, -0.2) is 0 Å². The highest BCUT2D eigenvalue weighted by molar-refractivity contribution is 5.29. The van der Waals surface area contributed by atoms with Crippen LogP contribution in [0.3, 0.4) is 0 Å². The molecule has 0 bridgehead atoms. The van der Waals surface area contributed by atoms with Crippen molar-refractivity contribution in [2.24, 2.45) is 10.8 Å². The average Bonchev–Trinajstić information content (AvgIpc) is 2.57. The normalized spacial score (nSPS) is 29.7. The van der Waals surface area contributed by atoms with Crippen LogP contribution in [0.1, 0.15) is 87.0 Å². The molecule has 1 saturated carbocycles. The van der Waals surface area contributed by atoms with Gasteiger partial charge < -0.3 is 5.11 Å². The van der Waals surface area contributed by atoms with E-state index in [0.717, 1.165) is 25.9 Å². The fourth-order valence-electron chi connectivity index (χ4n) is 5.08. The molecule has 0 spiro atoms. The molecule has 2 aliphatic rings. The molecule has 154 valence electrons. The standard InChI is InChI=1S/C25H43NO/c1-19(2)10-8-11-20(3)12-9-13-21(4)26-17-15-22-24(5,6)23(27)14-16-25(22,7)18-26/h10,12,15,21,23,27H,8-9,11,13-14,16-18H2,1-7H3/b20-12-/t21?,23-,25+/m0/s1. The average molecular weight is 374 g/mol. The minimum Gasteiger partial charge on any atom is -0.392 e. The Morgan fingerprint density at radius 3 is 2.59 bits per heavy atom. The quantitative estimate of drug-likeness (QED) is 0.531. The third-order valence-corrected chi connectivity index (χ3v) is 7.02. The number of hydrogen-bond acceptors (Lipinski definition) is 2. The summed E-state index contributed by atoms with van der Waals surface area (Å²) in [5.74, 6) is 0. The van der Waals surface area contributed by atoms with Crippen LogP contribution >= 0.6 is 0 Å². The summed E-state index contributed by atoms with van der Waals surface area (Å²) in [4.78, 5) is 2.66. The molecule has 0 aromatic heterocycles. The Bertz CT molecular complexity index is 593. The third kappa shape index (κ3) is 5.57. The number of allylic oxidation sites excluding steroid dienone is 4. The van der Waals surface area contributed by atoms with Crippen molar-refractivity contribution >= 4 is 0 Å². The maximum atomic E-state index is 10.5. The number of rotatable bonds is 7. The number of aliphatic hydroxyl groups is 1. The summed E-state index contributed by atoms with van der Waals surface area (Å²) >= 11 is 0. The molecule has 1 aliphatic heterocycles. The van der Waals surface area contributed by atoms with Gasteiger partial charge in [-0.05, 0) is 66.2 Å². The summed E-state index contributed by atoms with van der Waals surface area (Å²) in [6.07, 6.45) is 13.8. The van der Waals surface area contributed by atoms with E-state index in [-0.39, 0.29) is 16.9 Å². The van der Waals surface area contributed by atoms with E-state index < -0.39 is 0 Å². The van der Waals surface area contributed by atoms with Gasteiger partial charge in [0.1, 0.15) is 0 Å². The van der Waals surface area contributed by atoms with E-state index >= 15 is 0 Å². The lowest BCUT2D eigenvalue weighted by Crippen LogP contribution is -2.53. The Morgan fingerprint density at radius 1 is 1.22 bits per heavy atom. The highest BCUT2D eigenvalue weighted by Crippen LogP contribution is 2.52. The number of aliphatic hydroxyl groups excluding tert-OH is 1. The van der Waals surface area contributed by atoms with Crippen LogP contribution in [-0.2, 0) is 0 Å². The number of fused-ring (bicyclic) bond motifs is 1. The molecule has 1 N–H and O–H groups in total. The topological polar surface area (TPSA) is 23.5 Å². The molecule has 1 heterocycles. The zero-order valence-electron chi connectivity index (χ0n) is 18.9. The molecular formula is C25H43NO. The van der Waals surface area contributed by atoms with Gasteiger partial charge in [0.15, 0.2) is 0 Å². The first-order chi connectivity index (χ1) is 12.6. The van der Waals surface area contributed by atoms with Gasteiger partial charge in [0, 0.05) is 30.0 Å². The summed E-state index contributed by atoms with van der Waals surface area (Å²) < 4.78 is 0. The van der Waals surface area contributed by atoms with Crippen molar-refractivity contribution in [1.29, 1.82) is 0 Å². The van der Waals surface area contributed by atoms with Gasteiger partial charge in [0.25, 0.3) is 0 Å². The molecule has 1 fully saturated rings. The summed E-state index contributed by atoms with van der Waals surface area (Å²) in [5.41, 5.74) is 4.59. The molecule has 1 unspecified atom stereocenters. The fourth-order valence-corrected chi connectivity index (χ4v) is 5.08. The highest BCUT2D eigenvalue weighted by atomic mass is 16.3. The van der Waals surface area contributed by atoms with Crippen molar-refractivity contribution in [3.8, 4) is 0 Å². The van der Waals surface area contributed by atoms with Gasteiger partial charge in [-0.2, -0.15) is 0 Å². The maximum Gasteiger partial charge on any atom is 0.0628 e. The maximum absolute atomic E-state index is 10.5. The number of hydrogen-bond donors (Lipinski definition) is 1. The highest BCUT2D eigenvalue weighted by Gasteiger charge is 2.48. The van der Waals surface area contributed by atoms with E-state index in [4.69, 9.17) is 0 Å². The Hall–Kier alpha value is -0.860. The van der Waals surface area contributed by atoms with Gasteiger partial charge in [0.2, 0.25) is 0 Å². The van der Waals surface area contributed by atoms with Crippen LogP contribution in [0, 0.1) is 10.8 Å². The summed E-state index contributed by atoms with van der Waals surface area (Å²) in [5, 5.41) is 10.5. The molecule has 0 aromatic carbocycles.